The van der Waals surface area contributed by atoms with Crippen LogP contribution in [0.5, 0.6) is 5.75 Å². The van der Waals surface area contributed by atoms with E-state index >= 15 is 0 Å². The molecule has 0 spiro atoms. The standard InChI is InChI=1S/C16H17ClN2O7S2/c1-25-12-3-2-9(4-10(12)17)19-11-7-28(23,24)8-13(11)27-16(19)18-14(20)5-26-6-15(21)22/h2-4,11,13H,5-8H2,1H3,(H,21,22). The molecule has 12 heteroatoms. The van der Waals surface area contributed by atoms with Crippen molar-refractivity contribution in [2.75, 3.05) is 36.7 Å². The van der Waals surface area contributed by atoms with Crippen molar-refractivity contribution >= 4 is 55.9 Å². The zero-order valence-electron chi connectivity index (χ0n) is 14.7. The summed E-state index contributed by atoms with van der Waals surface area (Å²) in [5.74, 6) is -1.45. The number of thioether (sulfide) groups is 1. The lowest BCUT2D eigenvalue weighted by atomic mass is 10.2. The van der Waals surface area contributed by atoms with E-state index in [0.29, 0.717) is 21.6 Å². The smallest absolute Gasteiger partial charge is 0.329 e. The van der Waals surface area contributed by atoms with Crippen LogP contribution in [-0.4, -0.2) is 73.7 Å². The van der Waals surface area contributed by atoms with E-state index in [1.54, 1.807) is 23.1 Å². The third-order valence-corrected chi connectivity index (χ3v) is 7.66. The van der Waals surface area contributed by atoms with Crippen molar-refractivity contribution in [1.82, 2.24) is 0 Å². The Morgan fingerprint density at radius 2 is 2.11 bits per heavy atom. The molecule has 1 amide bonds. The summed E-state index contributed by atoms with van der Waals surface area (Å²) in [6, 6.07) is 4.59. The van der Waals surface area contributed by atoms with E-state index in [1.165, 1.54) is 18.9 Å². The largest absolute Gasteiger partial charge is 0.495 e. The number of rotatable bonds is 6. The number of hydrogen-bond acceptors (Lipinski definition) is 7. The van der Waals surface area contributed by atoms with Gasteiger partial charge in [-0.3, -0.25) is 4.79 Å². The first-order valence-electron chi connectivity index (χ1n) is 8.11. The molecular weight excluding hydrogens is 432 g/mol. The fourth-order valence-electron chi connectivity index (χ4n) is 3.04. The van der Waals surface area contributed by atoms with E-state index in [4.69, 9.17) is 26.2 Å². The van der Waals surface area contributed by atoms with Gasteiger partial charge in [0.25, 0.3) is 5.91 Å². The second-order valence-electron chi connectivity index (χ2n) is 6.16. The molecule has 2 unspecified atom stereocenters. The quantitative estimate of drug-likeness (QED) is 0.680. The Balaban J connectivity index is 1.89. The highest BCUT2D eigenvalue weighted by Crippen LogP contribution is 2.42. The lowest BCUT2D eigenvalue weighted by Crippen LogP contribution is -2.37. The maximum atomic E-state index is 12.1. The molecule has 1 aromatic carbocycles. The molecule has 2 heterocycles. The molecule has 9 nitrogen and oxygen atoms in total. The van der Waals surface area contributed by atoms with Crippen molar-refractivity contribution < 1.29 is 32.6 Å². The maximum absolute atomic E-state index is 12.1. The maximum Gasteiger partial charge on any atom is 0.329 e. The molecule has 28 heavy (non-hydrogen) atoms. The second-order valence-corrected chi connectivity index (χ2v) is 9.93. The van der Waals surface area contributed by atoms with Crippen LogP contribution in [0.3, 0.4) is 0 Å². The van der Waals surface area contributed by atoms with Crippen LogP contribution in [0.1, 0.15) is 0 Å². The minimum Gasteiger partial charge on any atom is -0.495 e. The minimum absolute atomic E-state index is 0.00849. The molecule has 3 rings (SSSR count). The zero-order chi connectivity index (χ0) is 20.5. The number of nitrogens with zero attached hydrogens (tertiary/aromatic N) is 2. The van der Waals surface area contributed by atoms with Crippen LogP contribution >= 0.6 is 23.4 Å². The number of methoxy groups -OCH3 is 1. The van der Waals surface area contributed by atoms with Crippen LogP contribution < -0.4 is 9.64 Å². The number of carbonyl (C=O) groups is 2. The van der Waals surface area contributed by atoms with E-state index < -0.39 is 34.9 Å². The summed E-state index contributed by atoms with van der Waals surface area (Å²) in [5.41, 5.74) is 0.584. The summed E-state index contributed by atoms with van der Waals surface area (Å²) in [6.45, 7) is -1.09. The molecule has 0 radical (unpaired) electrons. The number of carboxylic acids is 1. The van der Waals surface area contributed by atoms with Crippen LogP contribution in [0, 0.1) is 0 Å². The van der Waals surface area contributed by atoms with E-state index in [2.05, 4.69) is 4.99 Å². The fraction of sp³-hybridized carbons (Fsp3) is 0.438. The SMILES string of the molecule is COc1ccc(N2C(=NC(=O)COCC(=O)O)SC3CS(=O)(=O)CC32)cc1Cl. The van der Waals surface area contributed by atoms with E-state index in [9.17, 15) is 18.0 Å². The summed E-state index contributed by atoms with van der Waals surface area (Å²) >= 11 is 7.40. The Morgan fingerprint density at radius 3 is 2.75 bits per heavy atom. The van der Waals surface area contributed by atoms with Gasteiger partial charge in [-0.05, 0) is 18.2 Å². The van der Waals surface area contributed by atoms with E-state index in [1.807, 2.05) is 0 Å². The number of sulfone groups is 1. The van der Waals surface area contributed by atoms with Crippen LogP contribution in [-0.2, 0) is 24.2 Å². The number of benzene rings is 1. The van der Waals surface area contributed by atoms with Crippen LogP contribution in [0.25, 0.3) is 0 Å². The Bertz CT molecular complexity index is 935. The normalized spacial score (nSPS) is 24.4. The van der Waals surface area contributed by atoms with Gasteiger partial charge in [-0.25, -0.2) is 13.2 Å². The third-order valence-electron chi connectivity index (χ3n) is 4.15. The number of amides is 1. The van der Waals surface area contributed by atoms with Gasteiger partial charge in [0.05, 0.1) is 29.7 Å². The average Bonchev–Trinajstić information content (AvgIpc) is 3.05. The van der Waals surface area contributed by atoms with Crippen molar-refractivity contribution in [2.45, 2.75) is 11.3 Å². The monoisotopic (exact) mass is 448 g/mol. The van der Waals surface area contributed by atoms with Gasteiger partial charge in [0.1, 0.15) is 19.0 Å². The lowest BCUT2D eigenvalue weighted by molar-refractivity contribution is -0.143. The Kier molecular flexibility index (Phi) is 6.18. The predicted molar refractivity (Wildman–Crippen MR) is 105 cm³/mol. The number of halogens is 1. The van der Waals surface area contributed by atoms with Gasteiger partial charge in [-0.2, -0.15) is 4.99 Å². The van der Waals surface area contributed by atoms with Gasteiger partial charge in [-0.1, -0.05) is 23.4 Å². The average molecular weight is 449 g/mol. The van der Waals surface area contributed by atoms with Crippen molar-refractivity contribution in [3.05, 3.63) is 23.2 Å². The number of amidine groups is 1. The molecule has 2 saturated heterocycles. The molecule has 1 aromatic rings. The molecule has 0 bridgehead atoms. The van der Waals surface area contributed by atoms with E-state index in [-0.39, 0.29) is 22.8 Å². The molecule has 0 saturated carbocycles. The number of aliphatic carboxylic acids is 1. The Labute approximate surface area is 170 Å². The van der Waals surface area contributed by atoms with Crippen LogP contribution in [0.15, 0.2) is 23.2 Å². The highest BCUT2D eigenvalue weighted by Gasteiger charge is 2.49. The van der Waals surface area contributed by atoms with Gasteiger partial charge in [0.2, 0.25) is 0 Å². The second kappa shape index (κ2) is 8.27. The number of anilines is 1. The number of ether oxygens (including phenoxy) is 2. The first-order chi connectivity index (χ1) is 13.2. The number of carboxylic acid groups (broad SMARTS) is 1. The molecule has 2 fully saturated rings. The van der Waals surface area contributed by atoms with E-state index in [0.717, 1.165) is 0 Å². The van der Waals surface area contributed by atoms with Crippen LogP contribution in [0.4, 0.5) is 5.69 Å². The molecule has 2 atom stereocenters. The summed E-state index contributed by atoms with van der Waals surface area (Å²) in [4.78, 5) is 28.2. The summed E-state index contributed by atoms with van der Waals surface area (Å²) in [5, 5.41) is 8.96. The Morgan fingerprint density at radius 1 is 1.36 bits per heavy atom. The van der Waals surface area contributed by atoms with Gasteiger partial charge in [-0.15, -0.1) is 0 Å². The highest BCUT2D eigenvalue weighted by atomic mass is 35.5. The van der Waals surface area contributed by atoms with Crippen molar-refractivity contribution in [1.29, 1.82) is 0 Å². The molecule has 2 aliphatic heterocycles. The molecule has 0 aliphatic carbocycles. The molecule has 0 aromatic heterocycles. The minimum atomic E-state index is -3.20. The fourth-order valence-corrected chi connectivity index (χ4v) is 7.22. The number of hydrogen-bond donors (Lipinski definition) is 1. The van der Waals surface area contributed by atoms with Crippen molar-refractivity contribution in [3.8, 4) is 5.75 Å². The molecule has 2 aliphatic rings. The van der Waals surface area contributed by atoms with Gasteiger partial charge < -0.3 is 19.5 Å². The topological polar surface area (TPSA) is 123 Å². The summed E-state index contributed by atoms with van der Waals surface area (Å²) < 4.78 is 34.0. The molecule has 1 N–H and O–H groups in total. The summed E-state index contributed by atoms with van der Waals surface area (Å²) in [7, 11) is -1.71. The highest BCUT2D eigenvalue weighted by molar-refractivity contribution is 8.16. The Hall–Kier alpha value is -1.82. The lowest BCUT2D eigenvalue weighted by Gasteiger charge is -2.25. The predicted octanol–water partition coefficient (Wildman–Crippen LogP) is 1.05. The van der Waals surface area contributed by atoms with Crippen LogP contribution in [0.2, 0.25) is 5.02 Å². The number of carbonyl (C=O) groups excluding carboxylic acids is 1. The van der Waals surface area contributed by atoms with Gasteiger partial charge in [0.15, 0.2) is 15.0 Å². The third kappa shape index (κ3) is 4.59. The number of aliphatic imine (C=N–C) groups is 1. The van der Waals surface area contributed by atoms with Crippen molar-refractivity contribution in [2.24, 2.45) is 4.99 Å². The molecule has 152 valence electrons. The first kappa shape index (κ1) is 20.9. The summed E-state index contributed by atoms with van der Waals surface area (Å²) in [6.07, 6.45) is 0. The van der Waals surface area contributed by atoms with Gasteiger partial charge in [0, 0.05) is 10.9 Å². The zero-order valence-corrected chi connectivity index (χ0v) is 17.1. The van der Waals surface area contributed by atoms with Crippen molar-refractivity contribution in [3.63, 3.8) is 0 Å². The first-order valence-corrected chi connectivity index (χ1v) is 11.2. The molecular formula is C16H17ClN2O7S2. The van der Waals surface area contributed by atoms with Gasteiger partial charge >= 0.3 is 5.97 Å². The number of fused-ring (bicyclic) bond motifs is 1.